The topological polar surface area (TPSA) is 164 Å². The van der Waals surface area contributed by atoms with Crippen molar-refractivity contribution in [3.05, 3.63) is 35.4 Å². The predicted octanol–water partition coefficient (Wildman–Crippen LogP) is 0.984. The van der Waals surface area contributed by atoms with Gasteiger partial charge in [-0.05, 0) is 35.4 Å². The summed E-state index contributed by atoms with van der Waals surface area (Å²) in [6.45, 7) is 0.313. The van der Waals surface area contributed by atoms with Gasteiger partial charge < -0.3 is 63.1 Å². The summed E-state index contributed by atoms with van der Waals surface area (Å²) in [5.74, 6) is 2.30. The molecule has 232 valence electrons. The normalized spacial score (nSPS) is 32.3. The second-order valence-electron chi connectivity index (χ2n) is 10.4. The van der Waals surface area contributed by atoms with E-state index in [1.807, 2.05) is 12.1 Å². The summed E-state index contributed by atoms with van der Waals surface area (Å²) in [5.41, 5.74) is 1.66. The van der Waals surface area contributed by atoms with E-state index in [1.54, 1.807) is 33.5 Å². The van der Waals surface area contributed by atoms with E-state index in [9.17, 15) is 20.4 Å². The Balaban J connectivity index is 1.40. The molecule has 3 saturated heterocycles. The number of benzene rings is 2. The molecule has 2 aromatic rings. The first-order valence-corrected chi connectivity index (χ1v) is 13.6. The standard InChI is InChI=1S/C29H38O13/c1-34-17-6-13(7-18(35-2)27(17)38-5)25-15-11-40-26(16(15)12-39-25)14-8-19(36-3)28(20(9-14)37-4)42-29-24(33)23(32)22(31)21(10-30)41-29/h6-9,15-16,21-26,29-33H,10-12H2,1-5H3/t15-,16-,21+,22+,23-,24+,25+,26+,29+/m0/s1. The van der Waals surface area contributed by atoms with E-state index in [2.05, 4.69) is 0 Å². The van der Waals surface area contributed by atoms with Crippen molar-refractivity contribution in [3.63, 3.8) is 0 Å². The molecule has 3 aliphatic heterocycles. The highest BCUT2D eigenvalue weighted by molar-refractivity contribution is 5.56. The zero-order chi connectivity index (χ0) is 30.1. The van der Waals surface area contributed by atoms with Crippen LogP contribution in [0.2, 0.25) is 0 Å². The minimum atomic E-state index is -1.60. The van der Waals surface area contributed by atoms with Crippen LogP contribution in [0.15, 0.2) is 24.3 Å². The van der Waals surface area contributed by atoms with E-state index in [4.69, 9.17) is 42.6 Å². The van der Waals surface area contributed by atoms with Crippen LogP contribution in [0.5, 0.6) is 34.5 Å². The van der Waals surface area contributed by atoms with E-state index in [1.165, 1.54) is 14.2 Å². The van der Waals surface area contributed by atoms with Crippen LogP contribution >= 0.6 is 0 Å². The first-order chi connectivity index (χ1) is 20.3. The van der Waals surface area contributed by atoms with Gasteiger partial charge in [0.05, 0.1) is 67.6 Å². The van der Waals surface area contributed by atoms with E-state index < -0.39 is 37.3 Å². The molecule has 0 amide bonds. The third-order valence-corrected chi connectivity index (χ3v) is 8.17. The van der Waals surface area contributed by atoms with Crippen molar-refractivity contribution in [2.45, 2.75) is 42.9 Å². The van der Waals surface area contributed by atoms with Crippen LogP contribution in [0.4, 0.5) is 0 Å². The van der Waals surface area contributed by atoms with Gasteiger partial charge in [-0.25, -0.2) is 0 Å². The molecule has 13 nitrogen and oxygen atoms in total. The first-order valence-electron chi connectivity index (χ1n) is 13.6. The van der Waals surface area contributed by atoms with Crippen molar-refractivity contribution in [2.24, 2.45) is 11.8 Å². The number of aliphatic hydroxyl groups is 4. The van der Waals surface area contributed by atoms with E-state index in [-0.39, 0.29) is 41.3 Å². The van der Waals surface area contributed by atoms with Crippen LogP contribution in [0, 0.1) is 11.8 Å². The molecule has 0 aliphatic carbocycles. The van der Waals surface area contributed by atoms with Crippen molar-refractivity contribution in [3.8, 4) is 34.5 Å². The van der Waals surface area contributed by atoms with Crippen molar-refractivity contribution < 1.29 is 63.1 Å². The fraction of sp³-hybridized carbons (Fsp3) is 0.586. The molecule has 0 unspecified atom stereocenters. The zero-order valence-corrected chi connectivity index (χ0v) is 24.1. The van der Waals surface area contributed by atoms with Crippen molar-refractivity contribution in [1.29, 1.82) is 0 Å². The number of aliphatic hydroxyl groups excluding tert-OH is 4. The second kappa shape index (κ2) is 12.7. The maximum atomic E-state index is 10.5. The van der Waals surface area contributed by atoms with Gasteiger partial charge in [0.2, 0.25) is 17.8 Å². The van der Waals surface area contributed by atoms with Gasteiger partial charge in [-0.2, -0.15) is 0 Å². The maximum Gasteiger partial charge on any atom is 0.229 e. The minimum Gasteiger partial charge on any atom is -0.493 e. The second-order valence-corrected chi connectivity index (χ2v) is 10.4. The first kappa shape index (κ1) is 30.4. The molecule has 3 heterocycles. The Hall–Kier alpha value is -3.04. The molecule has 0 bridgehead atoms. The molecule has 5 rings (SSSR count). The van der Waals surface area contributed by atoms with Gasteiger partial charge in [-0.1, -0.05) is 0 Å². The van der Waals surface area contributed by atoms with Crippen LogP contribution in [0.1, 0.15) is 23.3 Å². The number of fused-ring (bicyclic) bond motifs is 1. The lowest BCUT2D eigenvalue weighted by molar-refractivity contribution is -0.277. The van der Waals surface area contributed by atoms with Crippen LogP contribution in [-0.2, 0) is 14.2 Å². The van der Waals surface area contributed by atoms with Gasteiger partial charge in [-0.15, -0.1) is 0 Å². The molecular weight excluding hydrogens is 556 g/mol. The summed E-state index contributed by atoms with van der Waals surface area (Å²) in [5, 5.41) is 40.3. The van der Waals surface area contributed by atoms with Crippen LogP contribution in [0.25, 0.3) is 0 Å². The highest BCUT2D eigenvalue weighted by Gasteiger charge is 2.49. The fourth-order valence-corrected chi connectivity index (χ4v) is 5.96. The highest BCUT2D eigenvalue weighted by Crippen LogP contribution is 2.53. The summed E-state index contributed by atoms with van der Waals surface area (Å²) in [4.78, 5) is 0. The van der Waals surface area contributed by atoms with Crippen molar-refractivity contribution in [2.75, 3.05) is 55.4 Å². The quantitative estimate of drug-likeness (QED) is 0.308. The molecule has 9 atom stereocenters. The summed E-state index contributed by atoms with van der Waals surface area (Å²) in [6, 6.07) is 7.28. The molecule has 4 N–H and O–H groups in total. The molecular formula is C29H38O13. The van der Waals surface area contributed by atoms with E-state index >= 15 is 0 Å². The van der Waals surface area contributed by atoms with Crippen LogP contribution < -0.4 is 28.4 Å². The molecule has 3 aliphatic rings. The summed E-state index contributed by atoms with van der Waals surface area (Å²) in [6.07, 6.45) is -7.85. The van der Waals surface area contributed by atoms with Gasteiger partial charge in [0.25, 0.3) is 0 Å². The maximum absolute atomic E-state index is 10.5. The molecule has 13 heteroatoms. The molecule has 2 aromatic carbocycles. The molecule has 0 aromatic heterocycles. The van der Waals surface area contributed by atoms with Gasteiger partial charge in [-0.3, -0.25) is 0 Å². The van der Waals surface area contributed by atoms with E-state index in [0.717, 1.165) is 11.1 Å². The fourth-order valence-electron chi connectivity index (χ4n) is 5.96. The minimum absolute atomic E-state index is 0.0146. The van der Waals surface area contributed by atoms with Gasteiger partial charge >= 0.3 is 0 Å². The SMILES string of the molecule is COc1cc([C@H]2OC[C@H]3[C@@H]2CO[C@@H]3c2cc(OC)c(O[C@H]3O[C@H](CO)[C@@H](O)[C@H](O)[C@H]3O)c(OC)c2)cc(OC)c1OC. The average molecular weight is 595 g/mol. The number of rotatable bonds is 10. The Labute approximate surface area is 243 Å². The Kier molecular flexibility index (Phi) is 9.18. The molecule has 0 spiro atoms. The van der Waals surface area contributed by atoms with Gasteiger partial charge in [0, 0.05) is 11.8 Å². The Morgan fingerprint density at radius 2 is 1.10 bits per heavy atom. The molecule has 0 saturated carbocycles. The third-order valence-electron chi connectivity index (χ3n) is 8.17. The number of methoxy groups -OCH3 is 5. The van der Waals surface area contributed by atoms with Gasteiger partial charge in [0.1, 0.15) is 24.4 Å². The lowest BCUT2D eigenvalue weighted by atomic mass is 9.84. The zero-order valence-electron chi connectivity index (χ0n) is 24.1. The summed E-state index contributed by atoms with van der Waals surface area (Å²) < 4.78 is 51.8. The lowest BCUT2D eigenvalue weighted by Crippen LogP contribution is -2.60. The van der Waals surface area contributed by atoms with Crippen molar-refractivity contribution >= 4 is 0 Å². The molecule has 3 fully saturated rings. The molecule has 42 heavy (non-hydrogen) atoms. The molecule has 0 radical (unpaired) electrons. The lowest BCUT2D eigenvalue weighted by Gasteiger charge is -2.39. The van der Waals surface area contributed by atoms with E-state index in [0.29, 0.717) is 30.5 Å². The Morgan fingerprint density at radius 3 is 1.50 bits per heavy atom. The summed E-state index contributed by atoms with van der Waals surface area (Å²) in [7, 11) is 7.60. The predicted molar refractivity (Wildman–Crippen MR) is 144 cm³/mol. The third kappa shape index (κ3) is 5.30. The van der Waals surface area contributed by atoms with Gasteiger partial charge in [0.15, 0.2) is 23.0 Å². The highest BCUT2D eigenvalue weighted by atomic mass is 16.7. The smallest absolute Gasteiger partial charge is 0.229 e. The van der Waals surface area contributed by atoms with Crippen LogP contribution in [0.3, 0.4) is 0 Å². The van der Waals surface area contributed by atoms with Crippen molar-refractivity contribution in [1.82, 2.24) is 0 Å². The Bertz CT molecular complexity index is 1190. The largest absolute Gasteiger partial charge is 0.493 e. The monoisotopic (exact) mass is 594 g/mol. The Morgan fingerprint density at radius 1 is 0.643 bits per heavy atom. The average Bonchev–Trinajstić information content (AvgIpc) is 3.63. The summed E-state index contributed by atoms with van der Waals surface area (Å²) >= 11 is 0. The number of ether oxygens (including phenoxy) is 9. The van der Waals surface area contributed by atoms with Crippen LogP contribution in [-0.4, -0.2) is 107 Å². The number of hydrogen-bond acceptors (Lipinski definition) is 13. The number of hydrogen-bond donors (Lipinski definition) is 4.